The van der Waals surface area contributed by atoms with Gasteiger partial charge in [0.25, 0.3) is 5.91 Å². The van der Waals surface area contributed by atoms with Gasteiger partial charge < -0.3 is 20.5 Å². The summed E-state index contributed by atoms with van der Waals surface area (Å²) in [6.07, 6.45) is 4.22. The van der Waals surface area contributed by atoms with Gasteiger partial charge in [-0.25, -0.2) is 4.98 Å². The van der Waals surface area contributed by atoms with Crippen molar-refractivity contribution in [3.63, 3.8) is 0 Å². The zero-order chi connectivity index (χ0) is 22.8. The molecule has 2 heterocycles. The van der Waals surface area contributed by atoms with E-state index in [0.29, 0.717) is 30.1 Å². The standard InChI is InChI=1S/C26H30N6O.CH4/c1-32(2)24-20-8-4-6-10-22(20)30-26(31-24)28-19-13-11-17(12-14-19)16-27-25(33)23-15-18-7-3-5-9-21(18)29-23;/h3-10,15,17,19,29H,11-14,16H2,1-2H3,(H,27,33)(H,28,30,31);1H4. The highest BCUT2D eigenvalue weighted by Gasteiger charge is 2.23. The Balaban J connectivity index is 0.00000274. The zero-order valence-corrected chi connectivity index (χ0v) is 19.1. The Kier molecular flexibility index (Phi) is 7.01. The summed E-state index contributed by atoms with van der Waals surface area (Å²) in [6.45, 7) is 0.707. The lowest BCUT2D eigenvalue weighted by Crippen LogP contribution is -2.34. The predicted molar refractivity (Wildman–Crippen MR) is 141 cm³/mol. The van der Waals surface area contributed by atoms with Gasteiger partial charge in [0.2, 0.25) is 5.95 Å². The Hall–Kier alpha value is -3.61. The molecule has 1 saturated carbocycles. The largest absolute Gasteiger partial charge is 0.362 e. The number of carbonyl (C=O) groups excluding carboxylic acids is 1. The molecule has 2 aromatic heterocycles. The predicted octanol–water partition coefficient (Wildman–Crippen LogP) is 5.21. The maximum atomic E-state index is 12.6. The lowest BCUT2D eigenvalue weighted by atomic mass is 9.86. The van der Waals surface area contributed by atoms with Gasteiger partial charge in [0.05, 0.1) is 5.52 Å². The number of para-hydroxylation sites is 2. The minimum Gasteiger partial charge on any atom is -0.362 e. The van der Waals surface area contributed by atoms with Crippen LogP contribution in [0.3, 0.4) is 0 Å². The third-order valence-corrected chi connectivity index (χ3v) is 6.51. The molecule has 0 radical (unpaired) electrons. The molecule has 4 aromatic rings. The van der Waals surface area contributed by atoms with Crippen molar-refractivity contribution in [3.8, 4) is 0 Å². The van der Waals surface area contributed by atoms with E-state index in [1.165, 1.54) is 0 Å². The lowest BCUT2D eigenvalue weighted by Gasteiger charge is -2.29. The summed E-state index contributed by atoms with van der Waals surface area (Å²) in [7, 11) is 4.02. The van der Waals surface area contributed by atoms with Crippen LogP contribution in [0, 0.1) is 5.92 Å². The Labute approximate surface area is 201 Å². The summed E-state index contributed by atoms with van der Waals surface area (Å²) in [5.74, 6) is 2.07. The number of nitrogens with one attached hydrogen (secondary N) is 3. The summed E-state index contributed by atoms with van der Waals surface area (Å²) in [5, 5.41) is 8.78. The minimum atomic E-state index is -0.0350. The molecule has 0 unspecified atom stereocenters. The maximum Gasteiger partial charge on any atom is 0.267 e. The van der Waals surface area contributed by atoms with Gasteiger partial charge in [-0.3, -0.25) is 4.79 Å². The van der Waals surface area contributed by atoms with Crippen LogP contribution in [0.4, 0.5) is 11.8 Å². The van der Waals surface area contributed by atoms with Crippen molar-refractivity contribution in [3.05, 3.63) is 60.3 Å². The quantitative estimate of drug-likeness (QED) is 0.369. The number of hydrogen-bond donors (Lipinski definition) is 3. The topological polar surface area (TPSA) is 85.9 Å². The van der Waals surface area contributed by atoms with Crippen molar-refractivity contribution in [2.75, 3.05) is 30.9 Å². The molecular weight excluding hydrogens is 424 g/mol. The van der Waals surface area contributed by atoms with Crippen LogP contribution < -0.4 is 15.5 Å². The summed E-state index contributed by atoms with van der Waals surface area (Å²) < 4.78 is 0. The Morgan fingerprint density at radius 2 is 1.76 bits per heavy atom. The number of aromatic amines is 1. The van der Waals surface area contributed by atoms with Crippen LogP contribution in [0.15, 0.2) is 54.6 Å². The van der Waals surface area contributed by atoms with Gasteiger partial charge in [-0.15, -0.1) is 0 Å². The number of rotatable bonds is 6. The van der Waals surface area contributed by atoms with Crippen LogP contribution in [0.2, 0.25) is 0 Å². The van der Waals surface area contributed by atoms with E-state index in [9.17, 15) is 4.79 Å². The van der Waals surface area contributed by atoms with E-state index in [1.807, 2.05) is 67.5 Å². The smallest absolute Gasteiger partial charge is 0.267 e. The fourth-order valence-corrected chi connectivity index (χ4v) is 4.69. The molecule has 0 spiro atoms. The molecule has 34 heavy (non-hydrogen) atoms. The zero-order valence-electron chi connectivity index (χ0n) is 19.1. The van der Waals surface area contributed by atoms with Crippen LogP contribution >= 0.6 is 0 Å². The van der Waals surface area contributed by atoms with Crippen molar-refractivity contribution in [2.45, 2.75) is 39.2 Å². The molecule has 3 N–H and O–H groups in total. The second kappa shape index (κ2) is 10.1. The SMILES string of the molecule is C.CN(C)c1nc(NC2CCC(CNC(=O)c3cc4ccccc4[nH]3)CC2)nc2ccccc12. The van der Waals surface area contributed by atoms with E-state index in [1.54, 1.807) is 0 Å². The number of benzene rings is 2. The fraction of sp³-hybridized carbons (Fsp3) is 0.370. The van der Waals surface area contributed by atoms with Crippen molar-refractivity contribution >= 4 is 39.5 Å². The van der Waals surface area contributed by atoms with E-state index in [0.717, 1.165) is 53.3 Å². The number of aromatic nitrogens is 3. The van der Waals surface area contributed by atoms with E-state index in [4.69, 9.17) is 9.97 Å². The molecule has 1 aliphatic carbocycles. The summed E-state index contributed by atoms with van der Waals surface area (Å²) in [4.78, 5) is 27.3. The Morgan fingerprint density at radius 3 is 2.53 bits per heavy atom. The van der Waals surface area contributed by atoms with Crippen molar-refractivity contribution in [1.29, 1.82) is 0 Å². The average molecular weight is 459 g/mol. The molecular formula is C27H34N6O. The highest BCUT2D eigenvalue weighted by atomic mass is 16.1. The van der Waals surface area contributed by atoms with E-state index >= 15 is 0 Å². The van der Waals surface area contributed by atoms with Gasteiger partial charge in [-0.2, -0.15) is 4.98 Å². The fourth-order valence-electron chi connectivity index (χ4n) is 4.69. The molecule has 0 atom stereocenters. The molecule has 7 nitrogen and oxygen atoms in total. The molecule has 178 valence electrons. The number of H-pyrrole nitrogens is 1. The highest BCUT2D eigenvalue weighted by Crippen LogP contribution is 2.28. The van der Waals surface area contributed by atoms with E-state index < -0.39 is 0 Å². The molecule has 0 saturated heterocycles. The highest BCUT2D eigenvalue weighted by molar-refractivity contribution is 5.98. The van der Waals surface area contributed by atoms with Crippen LogP contribution in [0.1, 0.15) is 43.6 Å². The van der Waals surface area contributed by atoms with Crippen LogP contribution in [-0.2, 0) is 0 Å². The number of anilines is 2. The van der Waals surface area contributed by atoms with Gasteiger partial charge >= 0.3 is 0 Å². The summed E-state index contributed by atoms with van der Waals surface area (Å²) in [6, 6.07) is 18.3. The molecule has 5 rings (SSSR count). The van der Waals surface area contributed by atoms with Gasteiger partial charge in [0.15, 0.2) is 0 Å². The van der Waals surface area contributed by atoms with Gasteiger partial charge in [0.1, 0.15) is 11.5 Å². The maximum absolute atomic E-state index is 12.6. The third-order valence-electron chi connectivity index (χ3n) is 6.51. The minimum absolute atomic E-state index is 0. The van der Waals surface area contributed by atoms with Crippen molar-refractivity contribution in [2.24, 2.45) is 5.92 Å². The second-order valence-corrected chi connectivity index (χ2v) is 9.12. The Morgan fingerprint density at radius 1 is 1.03 bits per heavy atom. The van der Waals surface area contributed by atoms with Crippen LogP contribution in [0.5, 0.6) is 0 Å². The average Bonchev–Trinajstić information content (AvgIpc) is 3.27. The first kappa shape index (κ1) is 23.5. The summed E-state index contributed by atoms with van der Waals surface area (Å²) in [5.41, 5.74) is 2.56. The van der Waals surface area contributed by atoms with Crippen LogP contribution in [0.25, 0.3) is 21.8 Å². The number of fused-ring (bicyclic) bond motifs is 2. The van der Waals surface area contributed by atoms with Gasteiger partial charge in [0, 0.05) is 43.0 Å². The normalized spacial score (nSPS) is 17.8. The third kappa shape index (κ3) is 4.98. The first-order valence-corrected chi connectivity index (χ1v) is 11.6. The Bertz CT molecular complexity index is 1240. The van der Waals surface area contributed by atoms with Crippen LogP contribution in [-0.4, -0.2) is 47.5 Å². The molecule has 0 aliphatic heterocycles. The van der Waals surface area contributed by atoms with Gasteiger partial charge in [-0.05, 0) is 55.9 Å². The molecule has 7 heteroatoms. The molecule has 2 aromatic carbocycles. The number of hydrogen-bond acceptors (Lipinski definition) is 5. The molecule has 1 aliphatic rings. The van der Waals surface area contributed by atoms with E-state index in [-0.39, 0.29) is 13.3 Å². The monoisotopic (exact) mass is 458 g/mol. The number of nitrogens with zero attached hydrogens (tertiary/aromatic N) is 3. The first-order valence-electron chi connectivity index (χ1n) is 11.6. The second-order valence-electron chi connectivity index (χ2n) is 9.12. The summed E-state index contributed by atoms with van der Waals surface area (Å²) >= 11 is 0. The van der Waals surface area contributed by atoms with Crippen molar-refractivity contribution in [1.82, 2.24) is 20.3 Å². The van der Waals surface area contributed by atoms with Crippen molar-refractivity contribution < 1.29 is 4.79 Å². The molecule has 1 amide bonds. The van der Waals surface area contributed by atoms with Gasteiger partial charge in [-0.1, -0.05) is 37.8 Å². The van der Waals surface area contributed by atoms with E-state index in [2.05, 4.69) is 21.7 Å². The lowest BCUT2D eigenvalue weighted by molar-refractivity contribution is 0.0939. The molecule has 1 fully saturated rings. The first-order chi connectivity index (χ1) is 16.1. The number of carbonyl (C=O) groups is 1. The molecule has 0 bridgehead atoms. The number of amides is 1.